The monoisotopic (exact) mass is 538 g/mol. The Bertz CT molecular complexity index is 1270. The van der Waals surface area contributed by atoms with Crippen LogP contribution in [-0.4, -0.2) is 19.4 Å². The second-order valence-electron chi connectivity index (χ2n) is 7.94. The van der Waals surface area contributed by atoms with Gasteiger partial charge in [-0.1, -0.05) is 108 Å². The zero-order valence-electron chi connectivity index (χ0n) is 19.7. The van der Waals surface area contributed by atoms with Gasteiger partial charge in [0.1, 0.15) is 11.5 Å². The highest BCUT2D eigenvalue weighted by Crippen LogP contribution is 2.52. The predicted molar refractivity (Wildman–Crippen MR) is 146 cm³/mol. The molecule has 0 bridgehead atoms. The summed E-state index contributed by atoms with van der Waals surface area (Å²) in [6, 6.07) is 34.6. The molecular formula is C28H26ClNO4PS-. The third kappa shape index (κ3) is 6.15. The van der Waals surface area contributed by atoms with E-state index in [0.717, 1.165) is 33.8 Å². The number of rotatable bonds is 11. The van der Waals surface area contributed by atoms with Gasteiger partial charge in [0, 0.05) is 12.3 Å². The molecule has 0 saturated carbocycles. The molecule has 0 aliphatic heterocycles. The minimum Gasteiger partial charge on any atom is -0.761 e. The number of hydrogen-bond acceptors (Lipinski definition) is 6. The van der Waals surface area contributed by atoms with Crippen LogP contribution in [0.2, 0.25) is 5.02 Å². The fraction of sp³-hybridized carbons (Fsp3) is 0.143. The van der Waals surface area contributed by atoms with Crippen LogP contribution in [0.3, 0.4) is 0 Å². The Labute approximate surface area is 220 Å². The molecule has 0 aliphatic rings. The summed E-state index contributed by atoms with van der Waals surface area (Å²) in [6.45, 7) is -3.84. The summed E-state index contributed by atoms with van der Waals surface area (Å²) >= 11 is 6.81. The molecule has 1 unspecified atom stereocenters. The van der Waals surface area contributed by atoms with Gasteiger partial charge in [-0.3, -0.25) is 9.88 Å². The zero-order chi connectivity index (χ0) is 25.4. The van der Waals surface area contributed by atoms with E-state index in [0.29, 0.717) is 6.54 Å². The summed E-state index contributed by atoms with van der Waals surface area (Å²) in [7, 11) is 1.64. The lowest BCUT2D eigenvalue weighted by atomic mass is 9.77. The molecule has 4 aromatic carbocycles. The molecule has 0 heterocycles. The summed E-state index contributed by atoms with van der Waals surface area (Å²) < 4.78 is 23.2. The van der Waals surface area contributed by atoms with Crippen molar-refractivity contribution in [3.63, 3.8) is 0 Å². The molecule has 4 rings (SSSR count). The fourth-order valence-corrected chi connectivity index (χ4v) is 6.53. The average molecular weight is 539 g/mol. The zero-order valence-corrected chi connectivity index (χ0v) is 22.1. The lowest BCUT2D eigenvalue weighted by molar-refractivity contribution is -0.182. The van der Waals surface area contributed by atoms with E-state index in [2.05, 4.69) is 29.6 Å². The molecule has 0 radical (unpaired) electrons. The van der Waals surface area contributed by atoms with Crippen molar-refractivity contribution in [1.82, 2.24) is 5.32 Å². The van der Waals surface area contributed by atoms with Crippen LogP contribution in [0.25, 0.3) is 0 Å². The standard InChI is InChI=1S/C28H27ClNO4PS/c1-33-25-18-16-24(17-19-25)28(22-10-4-2-5-11-22,23-12-6-3-7-13-23)30-20-21-36-35(31,32)34-27-15-9-8-14-26(27)29/h2-19,30H,20-21H2,1H3,(H,31,32)/p-1. The van der Waals surface area contributed by atoms with E-state index in [1.54, 1.807) is 25.3 Å². The first-order chi connectivity index (χ1) is 17.4. The first-order valence-corrected chi connectivity index (χ1v) is 14.9. The Morgan fingerprint density at radius 3 is 1.92 bits per heavy atom. The van der Waals surface area contributed by atoms with E-state index < -0.39 is 12.3 Å². The van der Waals surface area contributed by atoms with Gasteiger partial charge in [0.25, 0.3) is 0 Å². The van der Waals surface area contributed by atoms with Gasteiger partial charge in [-0.2, -0.15) is 0 Å². The molecular weight excluding hydrogens is 513 g/mol. The Hall–Kier alpha value is -2.73. The van der Waals surface area contributed by atoms with Gasteiger partial charge in [0.2, 0.25) is 6.80 Å². The van der Waals surface area contributed by atoms with Crippen LogP contribution < -0.4 is 19.5 Å². The number of methoxy groups -OCH3 is 1. The summed E-state index contributed by atoms with van der Waals surface area (Å²) in [6.07, 6.45) is 0. The molecule has 1 N–H and O–H groups in total. The van der Waals surface area contributed by atoms with E-state index in [-0.39, 0.29) is 16.5 Å². The minimum absolute atomic E-state index is 0.124. The van der Waals surface area contributed by atoms with E-state index in [1.807, 2.05) is 60.7 Å². The average Bonchev–Trinajstić information content (AvgIpc) is 2.91. The lowest BCUT2D eigenvalue weighted by Gasteiger charge is -2.37. The van der Waals surface area contributed by atoms with Crippen molar-refractivity contribution in [2.75, 3.05) is 19.4 Å². The summed E-state index contributed by atoms with van der Waals surface area (Å²) in [5.74, 6) is 1.15. The smallest absolute Gasteiger partial charge is 0.241 e. The molecule has 8 heteroatoms. The normalized spacial score (nSPS) is 13.1. The van der Waals surface area contributed by atoms with Crippen LogP contribution in [0, 0.1) is 0 Å². The first kappa shape index (κ1) is 26.3. The number of nitrogens with one attached hydrogen (secondary N) is 1. The van der Waals surface area contributed by atoms with Crippen molar-refractivity contribution < 1.29 is 18.7 Å². The van der Waals surface area contributed by atoms with Crippen LogP contribution in [0.1, 0.15) is 16.7 Å². The van der Waals surface area contributed by atoms with Gasteiger partial charge in [0.05, 0.1) is 17.7 Å². The molecule has 0 spiro atoms. The number of benzene rings is 4. The van der Waals surface area contributed by atoms with E-state index in [4.69, 9.17) is 20.9 Å². The third-order valence-corrected chi connectivity index (χ3v) is 8.88. The molecule has 0 aliphatic carbocycles. The van der Waals surface area contributed by atoms with Crippen molar-refractivity contribution in [2.45, 2.75) is 5.54 Å². The van der Waals surface area contributed by atoms with Gasteiger partial charge in [-0.05, 0) is 41.0 Å². The van der Waals surface area contributed by atoms with Crippen molar-refractivity contribution in [3.8, 4) is 11.5 Å². The first-order valence-electron chi connectivity index (χ1n) is 11.3. The Morgan fingerprint density at radius 2 is 1.36 bits per heavy atom. The van der Waals surface area contributed by atoms with Crippen LogP contribution in [0.5, 0.6) is 11.5 Å². The highest BCUT2D eigenvalue weighted by molar-refractivity contribution is 8.54. The van der Waals surface area contributed by atoms with Crippen molar-refractivity contribution in [3.05, 3.63) is 131 Å². The molecule has 0 saturated heterocycles. The van der Waals surface area contributed by atoms with E-state index in [9.17, 15) is 9.46 Å². The van der Waals surface area contributed by atoms with Crippen LogP contribution >= 0.6 is 29.8 Å². The van der Waals surface area contributed by atoms with Gasteiger partial charge in [0.15, 0.2) is 0 Å². The molecule has 0 aromatic heterocycles. The van der Waals surface area contributed by atoms with Crippen LogP contribution in [0.4, 0.5) is 0 Å². The molecule has 36 heavy (non-hydrogen) atoms. The maximum absolute atomic E-state index is 12.6. The Balaban J connectivity index is 1.61. The summed E-state index contributed by atoms with van der Waals surface area (Å²) in [5.41, 5.74) is 2.35. The predicted octanol–water partition coefficient (Wildman–Crippen LogP) is 6.51. The number of ether oxygens (including phenoxy) is 1. The summed E-state index contributed by atoms with van der Waals surface area (Å²) in [5, 5.41) is 3.91. The summed E-state index contributed by atoms with van der Waals surface area (Å²) in [4.78, 5) is 12.6. The van der Waals surface area contributed by atoms with Gasteiger partial charge in [-0.25, -0.2) is 0 Å². The molecule has 5 nitrogen and oxygen atoms in total. The van der Waals surface area contributed by atoms with E-state index >= 15 is 0 Å². The van der Waals surface area contributed by atoms with Gasteiger partial charge in [-0.15, -0.1) is 0 Å². The van der Waals surface area contributed by atoms with Gasteiger partial charge >= 0.3 is 0 Å². The molecule has 0 amide bonds. The van der Waals surface area contributed by atoms with Crippen LogP contribution in [0.15, 0.2) is 109 Å². The van der Waals surface area contributed by atoms with Crippen molar-refractivity contribution in [1.29, 1.82) is 0 Å². The highest BCUT2D eigenvalue weighted by atomic mass is 35.5. The van der Waals surface area contributed by atoms with E-state index in [1.165, 1.54) is 6.07 Å². The fourth-order valence-electron chi connectivity index (χ4n) is 4.09. The second kappa shape index (κ2) is 12.0. The number of hydrogen-bond donors (Lipinski definition) is 1. The maximum atomic E-state index is 12.6. The molecule has 186 valence electrons. The second-order valence-corrected chi connectivity index (χ2v) is 12.2. The van der Waals surface area contributed by atoms with Crippen molar-refractivity contribution >= 4 is 29.8 Å². The number of para-hydroxylation sites is 1. The highest BCUT2D eigenvalue weighted by Gasteiger charge is 2.35. The Kier molecular flexibility index (Phi) is 8.78. The topological polar surface area (TPSA) is 70.6 Å². The van der Waals surface area contributed by atoms with Crippen LogP contribution in [-0.2, 0) is 10.1 Å². The van der Waals surface area contributed by atoms with Gasteiger partial charge < -0.3 is 14.2 Å². The quantitative estimate of drug-likeness (QED) is 0.133. The van der Waals surface area contributed by atoms with Crippen molar-refractivity contribution in [2.24, 2.45) is 0 Å². The Morgan fingerprint density at radius 1 is 0.833 bits per heavy atom. The number of halogens is 1. The maximum Gasteiger partial charge on any atom is 0.241 e. The minimum atomic E-state index is -4.22. The largest absolute Gasteiger partial charge is 0.761 e. The third-order valence-electron chi connectivity index (χ3n) is 5.73. The SMILES string of the molecule is COc1ccc(C(NCCSP(=O)([O-])Oc2ccccc2Cl)(c2ccccc2)c2ccccc2)cc1. The molecule has 1 atom stereocenters. The molecule has 0 fully saturated rings. The molecule has 4 aromatic rings. The lowest BCUT2D eigenvalue weighted by Crippen LogP contribution is -2.45.